The third kappa shape index (κ3) is 5.78. The van der Waals surface area contributed by atoms with Gasteiger partial charge in [-0.15, -0.1) is 0 Å². The number of nitrogens with one attached hydrogen (secondary N) is 1. The number of hydrogen-bond acceptors (Lipinski definition) is 2. The number of hydrogen-bond donors (Lipinski definition) is 2. The summed E-state index contributed by atoms with van der Waals surface area (Å²) in [7, 11) is 0. The van der Waals surface area contributed by atoms with Gasteiger partial charge in [-0.2, -0.15) is 0 Å². The van der Waals surface area contributed by atoms with Gasteiger partial charge in [0.15, 0.2) is 0 Å². The van der Waals surface area contributed by atoms with Crippen LogP contribution in [0.1, 0.15) is 47.5 Å². The normalized spacial score (nSPS) is 17.5. The van der Waals surface area contributed by atoms with Crippen molar-refractivity contribution in [2.24, 2.45) is 11.8 Å². The molecule has 0 saturated carbocycles. The van der Waals surface area contributed by atoms with Gasteiger partial charge >= 0.3 is 5.97 Å². The Hall–Kier alpha value is -0.570. The Morgan fingerprint density at radius 1 is 1.27 bits per heavy atom. The number of rotatable bonds is 7. The average molecular weight is 215 g/mol. The minimum atomic E-state index is -0.737. The van der Waals surface area contributed by atoms with Crippen LogP contribution in [0.2, 0.25) is 0 Å². The third-order valence-corrected chi connectivity index (χ3v) is 2.97. The minimum Gasteiger partial charge on any atom is -0.480 e. The van der Waals surface area contributed by atoms with E-state index in [1.807, 2.05) is 13.8 Å². The molecular formula is C12H25NO2. The van der Waals surface area contributed by atoms with Gasteiger partial charge in [-0.05, 0) is 25.2 Å². The summed E-state index contributed by atoms with van der Waals surface area (Å²) in [6.07, 6.45) is 1.76. The standard InChI is InChI=1S/C12H25NO2/c1-6-9(4)10(5)13-11(12(14)15)7-8(2)3/h8-11,13H,6-7H2,1-5H3,(H,14,15). The molecule has 0 heterocycles. The Kier molecular flexibility index (Phi) is 6.57. The maximum atomic E-state index is 11.0. The SMILES string of the molecule is CCC(C)C(C)NC(CC(C)C)C(=O)O. The molecule has 0 aliphatic carbocycles. The van der Waals surface area contributed by atoms with Crippen molar-refractivity contribution in [3.8, 4) is 0 Å². The number of carboxylic acids is 1. The van der Waals surface area contributed by atoms with Crippen LogP contribution in [0.25, 0.3) is 0 Å². The van der Waals surface area contributed by atoms with Crippen LogP contribution in [0, 0.1) is 11.8 Å². The van der Waals surface area contributed by atoms with E-state index >= 15 is 0 Å². The van der Waals surface area contributed by atoms with Crippen molar-refractivity contribution in [1.29, 1.82) is 0 Å². The molecular weight excluding hydrogens is 190 g/mol. The lowest BCUT2D eigenvalue weighted by Gasteiger charge is -2.25. The molecule has 0 saturated heterocycles. The van der Waals surface area contributed by atoms with E-state index in [0.29, 0.717) is 18.3 Å². The molecule has 0 rings (SSSR count). The maximum Gasteiger partial charge on any atom is 0.320 e. The van der Waals surface area contributed by atoms with Crippen molar-refractivity contribution >= 4 is 5.97 Å². The summed E-state index contributed by atoms with van der Waals surface area (Å²) < 4.78 is 0. The van der Waals surface area contributed by atoms with Crippen molar-refractivity contribution in [2.45, 2.75) is 59.5 Å². The summed E-state index contributed by atoms with van der Waals surface area (Å²) in [5.74, 6) is 0.181. The Morgan fingerprint density at radius 2 is 1.80 bits per heavy atom. The van der Waals surface area contributed by atoms with Crippen LogP contribution in [-0.4, -0.2) is 23.2 Å². The fourth-order valence-corrected chi connectivity index (χ4v) is 1.55. The Balaban J connectivity index is 4.22. The van der Waals surface area contributed by atoms with Gasteiger partial charge in [-0.1, -0.05) is 34.1 Å². The number of carboxylic acid groups (broad SMARTS) is 1. The van der Waals surface area contributed by atoms with E-state index in [-0.39, 0.29) is 6.04 Å². The summed E-state index contributed by atoms with van der Waals surface area (Å²) >= 11 is 0. The van der Waals surface area contributed by atoms with Gasteiger partial charge in [0.1, 0.15) is 6.04 Å². The van der Waals surface area contributed by atoms with Crippen molar-refractivity contribution in [1.82, 2.24) is 5.32 Å². The highest BCUT2D eigenvalue weighted by atomic mass is 16.4. The molecule has 0 spiro atoms. The number of aliphatic carboxylic acids is 1. The van der Waals surface area contributed by atoms with E-state index in [0.717, 1.165) is 6.42 Å². The van der Waals surface area contributed by atoms with Gasteiger partial charge < -0.3 is 10.4 Å². The van der Waals surface area contributed by atoms with E-state index in [1.165, 1.54) is 0 Å². The van der Waals surface area contributed by atoms with Crippen LogP contribution in [0.4, 0.5) is 0 Å². The summed E-state index contributed by atoms with van der Waals surface area (Å²) in [5, 5.41) is 12.3. The Bertz CT molecular complexity index is 192. The van der Waals surface area contributed by atoms with Crippen LogP contribution >= 0.6 is 0 Å². The largest absolute Gasteiger partial charge is 0.480 e. The second-order valence-corrected chi connectivity index (χ2v) is 4.86. The summed E-state index contributed by atoms with van der Waals surface area (Å²) in [6, 6.07) is -0.149. The first-order valence-electron chi connectivity index (χ1n) is 5.87. The van der Waals surface area contributed by atoms with Gasteiger partial charge in [-0.3, -0.25) is 4.79 Å². The second-order valence-electron chi connectivity index (χ2n) is 4.86. The lowest BCUT2D eigenvalue weighted by Crippen LogP contribution is -2.45. The van der Waals surface area contributed by atoms with E-state index in [4.69, 9.17) is 5.11 Å². The predicted octanol–water partition coefficient (Wildman–Crippen LogP) is 2.51. The first-order chi connectivity index (χ1) is 6.88. The molecule has 0 aliphatic heterocycles. The molecule has 3 atom stereocenters. The molecule has 0 aromatic rings. The lowest BCUT2D eigenvalue weighted by atomic mass is 9.97. The van der Waals surface area contributed by atoms with Crippen LogP contribution in [0.15, 0.2) is 0 Å². The Labute approximate surface area is 93.3 Å². The highest BCUT2D eigenvalue weighted by Gasteiger charge is 2.22. The molecule has 0 aliphatic rings. The zero-order valence-electron chi connectivity index (χ0n) is 10.6. The molecule has 90 valence electrons. The van der Waals surface area contributed by atoms with Gasteiger partial charge in [0, 0.05) is 6.04 Å². The summed E-state index contributed by atoms with van der Waals surface area (Å²) in [4.78, 5) is 11.0. The topological polar surface area (TPSA) is 49.3 Å². The van der Waals surface area contributed by atoms with Gasteiger partial charge in [0.05, 0.1) is 0 Å². The smallest absolute Gasteiger partial charge is 0.320 e. The summed E-state index contributed by atoms with van der Waals surface area (Å²) in [6.45, 7) is 10.4. The van der Waals surface area contributed by atoms with Crippen molar-refractivity contribution in [2.75, 3.05) is 0 Å². The second kappa shape index (κ2) is 6.83. The average Bonchev–Trinajstić information content (AvgIpc) is 2.14. The molecule has 0 fully saturated rings. The molecule has 0 bridgehead atoms. The zero-order valence-corrected chi connectivity index (χ0v) is 10.6. The third-order valence-electron chi connectivity index (χ3n) is 2.97. The fraction of sp³-hybridized carbons (Fsp3) is 0.917. The number of carbonyl (C=O) groups is 1. The highest BCUT2D eigenvalue weighted by molar-refractivity contribution is 5.73. The zero-order chi connectivity index (χ0) is 12.0. The molecule has 3 unspecified atom stereocenters. The molecule has 0 amide bonds. The van der Waals surface area contributed by atoms with Crippen molar-refractivity contribution in [3.63, 3.8) is 0 Å². The molecule has 3 heteroatoms. The Morgan fingerprint density at radius 3 is 2.13 bits per heavy atom. The van der Waals surface area contributed by atoms with Crippen molar-refractivity contribution in [3.05, 3.63) is 0 Å². The molecule has 0 aromatic heterocycles. The highest BCUT2D eigenvalue weighted by Crippen LogP contribution is 2.11. The van der Waals surface area contributed by atoms with E-state index in [9.17, 15) is 4.79 Å². The van der Waals surface area contributed by atoms with Crippen molar-refractivity contribution < 1.29 is 9.90 Å². The van der Waals surface area contributed by atoms with Gasteiger partial charge in [0.2, 0.25) is 0 Å². The van der Waals surface area contributed by atoms with Crippen LogP contribution < -0.4 is 5.32 Å². The van der Waals surface area contributed by atoms with E-state index in [1.54, 1.807) is 0 Å². The van der Waals surface area contributed by atoms with Crippen LogP contribution in [0.5, 0.6) is 0 Å². The quantitative estimate of drug-likeness (QED) is 0.686. The summed E-state index contributed by atoms with van der Waals surface area (Å²) in [5.41, 5.74) is 0. The first-order valence-corrected chi connectivity index (χ1v) is 5.87. The van der Waals surface area contributed by atoms with E-state index in [2.05, 4.69) is 26.1 Å². The van der Waals surface area contributed by atoms with Crippen LogP contribution in [0.3, 0.4) is 0 Å². The molecule has 2 N–H and O–H groups in total. The monoisotopic (exact) mass is 215 g/mol. The maximum absolute atomic E-state index is 11.0. The molecule has 0 aromatic carbocycles. The van der Waals surface area contributed by atoms with Gasteiger partial charge in [-0.25, -0.2) is 0 Å². The first kappa shape index (κ1) is 14.4. The fourth-order valence-electron chi connectivity index (χ4n) is 1.55. The minimum absolute atomic E-state index is 0.259. The predicted molar refractivity (Wildman–Crippen MR) is 62.9 cm³/mol. The molecule has 15 heavy (non-hydrogen) atoms. The molecule has 3 nitrogen and oxygen atoms in total. The lowest BCUT2D eigenvalue weighted by molar-refractivity contribution is -0.140. The van der Waals surface area contributed by atoms with Gasteiger partial charge in [0.25, 0.3) is 0 Å². The van der Waals surface area contributed by atoms with Crippen LogP contribution in [-0.2, 0) is 4.79 Å². The molecule has 0 radical (unpaired) electrons. The van der Waals surface area contributed by atoms with E-state index < -0.39 is 12.0 Å².